The van der Waals surface area contributed by atoms with Crippen LogP contribution < -0.4 is 5.32 Å². The third kappa shape index (κ3) is 5.66. The molecule has 4 aliphatic rings. The zero-order valence-electron chi connectivity index (χ0n) is 22.4. The SMILES string of the molecule is C[C@]12CCC(=O)CC1CC(CCCCCCCCC(=O)NCCO)[C@@H]1[C@H]2CC[C@]2(C)C(O)CC[C@@H]12. The molecule has 4 aliphatic carbocycles. The van der Waals surface area contributed by atoms with Gasteiger partial charge in [0.15, 0.2) is 0 Å². The molecular weight excluding hydrogens is 438 g/mol. The average molecular weight is 490 g/mol. The van der Waals surface area contributed by atoms with E-state index in [0.717, 1.165) is 50.4 Å². The summed E-state index contributed by atoms with van der Waals surface area (Å²) in [6, 6.07) is 0. The van der Waals surface area contributed by atoms with Crippen molar-refractivity contribution in [1.82, 2.24) is 5.32 Å². The molecule has 5 heteroatoms. The average Bonchev–Trinajstić information content (AvgIpc) is 3.14. The standard InChI is InChI=1S/C30H51NO4/c1-29-15-13-23(33)20-22(29)19-21(9-7-5-3-4-6-8-10-27(35)31-17-18-32)28-24-11-12-26(34)30(24,2)16-14-25(28)29/h21-22,24-26,28,32,34H,3-20H2,1-2H3,(H,31,35)/t21?,22?,24-,25+,26?,28-,29-,30-/m0/s1. The Labute approximate surface area is 213 Å². The van der Waals surface area contributed by atoms with E-state index in [1.165, 1.54) is 57.8 Å². The molecule has 0 aromatic rings. The van der Waals surface area contributed by atoms with E-state index in [4.69, 9.17) is 5.11 Å². The van der Waals surface area contributed by atoms with Gasteiger partial charge in [0, 0.05) is 25.8 Å². The minimum Gasteiger partial charge on any atom is -0.395 e. The number of ketones is 1. The minimum atomic E-state index is -0.127. The Kier molecular flexibility index (Phi) is 9.00. The number of rotatable bonds is 11. The Balaban J connectivity index is 1.30. The van der Waals surface area contributed by atoms with Crippen molar-refractivity contribution in [1.29, 1.82) is 0 Å². The molecule has 200 valence electrons. The number of fused-ring (bicyclic) bond motifs is 5. The summed E-state index contributed by atoms with van der Waals surface area (Å²) in [5.74, 6) is 3.96. The summed E-state index contributed by atoms with van der Waals surface area (Å²) >= 11 is 0. The van der Waals surface area contributed by atoms with Gasteiger partial charge in [0.05, 0.1) is 12.7 Å². The number of carbonyl (C=O) groups excluding carboxylic acids is 2. The van der Waals surface area contributed by atoms with Crippen LogP contribution in [0.4, 0.5) is 0 Å². The Hall–Kier alpha value is -0.940. The fourth-order valence-corrected chi connectivity index (χ4v) is 9.17. The van der Waals surface area contributed by atoms with Gasteiger partial charge in [-0.05, 0) is 85.4 Å². The molecular formula is C30H51NO4. The first-order chi connectivity index (χ1) is 16.8. The number of aliphatic hydroxyl groups is 2. The fourth-order valence-electron chi connectivity index (χ4n) is 9.17. The maximum Gasteiger partial charge on any atom is 0.220 e. The highest BCUT2D eigenvalue weighted by atomic mass is 16.3. The van der Waals surface area contributed by atoms with E-state index in [1.807, 2.05) is 0 Å². The van der Waals surface area contributed by atoms with Crippen molar-refractivity contribution in [3.05, 3.63) is 0 Å². The molecule has 0 aromatic heterocycles. The molecule has 0 radical (unpaired) electrons. The van der Waals surface area contributed by atoms with Gasteiger partial charge in [-0.2, -0.15) is 0 Å². The molecule has 3 unspecified atom stereocenters. The molecule has 1 amide bonds. The van der Waals surface area contributed by atoms with Gasteiger partial charge < -0.3 is 15.5 Å². The van der Waals surface area contributed by atoms with E-state index in [0.29, 0.717) is 41.9 Å². The van der Waals surface area contributed by atoms with E-state index < -0.39 is 0 Å². The van der Waals surface area contributed by atoms with Crippen molar-refractivity contribution >= 4 is 11.7 Å². The highest BCUT2D eigenvalue weighted by molar-refractivity contribution is 5.79. The van der Waals surface area contributed by atoms with Gasteiger partial charge in [0.25, 0.3) is 0 Å². The van der Waals surface area contributed by atoms with Crippen molar-refractivity contribution in [2.24, 2.45) is 40.4 Å². The number of hydrogen-bond donors (Lipinski definition) is 3. The molecule has 0 bridgehead atoms. The smallest absolute Gasteiger partial charge is 0.220 e. The summed E-state index contributed by atoms with van der Waals surface area (Å²) in [6.07, 6.45) is 17.2. The van der Waals surface area contributed by atoms with E-state index in [2.05, 4.69) is 19.2 Å². The summed E-state index contributed by atoms with van der Waals surface area (Å²) in [7, 11) is 0. The van der Waals surface area contributed by atoms with Crippen molar-refractivity contribution in [2.45, 2.75) is 123 Å². The van der Waals surface area contributed by atoms with E-state index in [-0.39, 0.29) is 24.0 Å². The molecule has 5 nitrogen and oxygen atoms in total. The summed E-state index contributed by atoms with van der Waals surface area (Å²) < 4.78 is 0. The normalized spacial score (nSPS) is 40.6. The lowest BCUT2D eigenvalue weighted by atomic mass is 9.42. The maximum absolute atomic E-state index is 12.4. The highest BCUT2D eigenvalue weighted by Gasteiger charge is 2.62. The van der Waals surface area contributed by atoms with Crippen molar-refractivity contribution in [3.8, 4) is 0 Å². The van der Waals surface area contributed by atoms with Crippen LogP contribution in [0.5, 0.6) is 0 Å². The third-order valence-electron chi connectivity index (χ3n) is 11.3. The first kappa shape index (κ1) is 27.1. The molecule has 4 rings (SSSR count). The van der Waals surface area contributed by atoms with Crippen LogP contribution in [0.3, 0.4) is 0 Å². The Morgan fingerprint density at radius 2 is 1.69 bits per heavy atom. The predicted octanol–water partition coefficient (Wildman–Crippen LogP) is 5.41. The van der Waals surface area contributed by atoms with Gasteiger partial charge >= 0.3 is 0 Å². The van der Waals surface area contributed by atoms with Crippen LogP contribution in [-0.4, -0.2) is 41.2 Å². The van der Waals surface area contributed by atoms with Crippen LogP contribution in [0.1, 0.15) is 117 Å². The van der Waals surface area contributed by atoms with Crippen molar-refractivity contribution < 1.29 is 19.8 Å². The summed E-state index contributed by atoms with van der Waals surface area (Å²) in [5, 5.41) is 22.4. The van der Waals surface area contributed by atoms with Crippen molar-refractivity contribution in [2.75, 3.05) is 13.2 Å². The van der Waals surface area contributed by atoms with Crippen LogP contribution in [0, 0.1) is 40.4 Å². The second-order valence-corrected chi connectivity index (χ2v) is 13.1. The second kappa shape index (κ2) is 11.6. The molecule has 4 fully saturated rings. The largest absolute Gasteiger partial charge is 0.395 e. The quantitative estimate of drug-likeness (QED) is 0.339. The zero-order valence-corrected chi connectivity index (χ0v) is 22.4. The number of hydrogen-bond acceptors (Lipinski definition) is 4. The number of nitrogens with one attached hydrogen (secondary N) is 1. The lowest BCUT2D eigenvalue weighted by Gasteiger charge is -2.62. The second-order valence-electron chi connectivity index (χ2n) is 13.1. The van der Waals surface area contributed by atoms with Gasteiger partial charge in [-0.1, -0.05) is 52.4 Å². The maximum atomic E-state index is 12.4. The highest BCUT2D eigenvalue weighted by Crippen LogP contribution is 2.67. The van der Waals surface area contributed by atoms with Gasteiger partial charge in [0.2, 0.25) is 5.91 Å². The van der Waals surface area contributed by atoms with E-state index >= 15 is 0 Å². The van der Waals surface area contributed by atoms with E-state index in [1.54, 1.807) is 0 Å². The van der Waals surface area contributed by atoms with Crippen LogP contribution in [-0.2, 0) is 9.59 Å². The van der Waals surface area contributed by atoms with Crippen LogP contribution in [0.2, 0.25) is 0 Å². The molecule has 0 heterocycles. The van der Waals surface area contributed by atoms with Gasteiger partial charge in [-0.15, -0.1) is 0 Å². The zero-order chi connectivity index (χ0) is 25.1. The molecule has 3 N–H and O–H groups in total. The lowest BCUT2D eigenvalue weighted by molar-refractivity contribution is -0.156. The molecule has 4 saturated carbocycles. The number of Topliss-reactive ketones (excluding diaryl/α,β-unsaturated/α-hetero) is 1. The van der Waals surface area contributed by atoms with E-state index in [9.17, 15) is 14.7 Å². The summed E-state index contributed by atoms with van der Waals surface area (Å²) in [4.78, 5) is 24.0. The third-order valence-corrected chi connectivity index (χ3v) is 11.3. The summed E-state index contributed by atoms with van der Waals surface area (Å²) in [5.41, 5.74) is 0.435. The number of unbranched alkanes of at least 4 members (excludes halogenated alkanes) is 5. The number of aliphatic hydroxyl groups excluding tert-OH is 2. The van der Waals surface area contributed by atoms with Crippen LogP contribution >= 0.6 is 0 Å². The molecule has 0 aromatic carbocycles. The van der Waals surface area contributed by atoms with Crippen molar-refractivity contribution in [3.63, 3.8) is 0 Å². The van der Waals surface area contributed by atoms with Gasteiger partial charge in [0.1, 0.15) is 5.78 Å². The Morgan fingerprint density at radius 3 is 2.46 bits per heavy atom. The molecule has 0 saturated heterocycles. The summed E-state index contributed by atoms with van der Waals surface area (Å²) in [6.45, 7) is 5.27. The Bertz CT molecular complexity index is 740. The first-order valence-electron chi connectivity index (χ1n) is 14.9. The first-order valence-corrected chi connectivity index (χ1v) is 14.9. The fraction of sp³-hybridized carbons (Fsp3) is 0.933. The molecule has 0 spiro atoms. The minimum absolute atomic E-state index is 0.00516. The monoisotopic (exact) mass is 489 g/mol. The predicted molar refractivity (Wildman–Crippen MR) is 139 cm³/mol. The Morgan fingerprint density at radius 1 is 0.971 bits per heavy atom. The molecule has 35 heavy (non-hydrogen) atoms. The molecule has 8 atom stereocenters. The topological polar surface area (TPSA) is 86.6 Å². The molecule has 0 aliphatic heterocycles. The van der Waals surface area contributed by atoms with Gasteiger partial charge in [-0.3, -0.25) is 9.59 Å². The lowest BCUT2D eigenvalue weighted by Crippen LogP contribution is -2.57. The number of amides is 1. The van der Waals surface area contributed by atoms with Gasteiger partial charge in [-0.25, -0.2) is 0 Å². The number of carbonyl (C=O) groups is 2. The van der Waals surface area contributed by atoms with Crippen LogP contribution in [0.15, 0.2) is 0 Å². The van der Waals surface area contributed by atoms with Crippen LogP contribution in [0.25, 0.3) is 0 Å².